The molecule has 1 fully saturated rings. The summed E-state index contributed by atoms with van der Waals surface area (Å²) in [5.41, 5.74) is 9.72. The summed E-state index contributed by atoms with van der Waals surface area (Å²) in [5.74, 6) is 1.14. The molecule has 1 saturated heterocycles. The summed E-state index contributed by atoms with van der Waals surface area (Å²) in [6, 6.07) is 14.9. The maximum atomic E-state index is 12.6. The molecule has 1 aliphatic rings. The molecule has 148 valence electrons. The van der Waals surface area contributed by atoms with Crippen LogP contribution in [0.1, 0.15) is 10.4 Å². The van der Waals surface area contributed by atoms with Crippen LogP contribution in [0.4, 0.5) is 5.82 Å². The molecule has 0 spiro atoms. The molecule has 4 rings (SSSR count). The molecule has 1 aromatic heterocycles. The normalized spacial score (nSPS) is 13.9. The number of nitrogens with zero attached hydrogens (tertiary/aromatic N) is 3. The molecule has 0 atom stereocenters. The first kappa shape index (κ1) is 18.9. The zero-order valence-corrected chi connectivity index (χ0v) is 16.2. The summed E-state index contributed by atoms with van der Waals surface area (Å²) in [4.78, 5) is 23.4. The number of morpholine rings is 1. The zero-order valence-electron chi connectivity index (χ0n) is 16.2. The van der Waals surface area contributed by atoms with Gasteiger partial charge in [0.25, 0.3) is 5.91 Å². The number of hydrogen-bond donors (Lipinski definition) is 1. The first-order valence-electron chi connectivity index (χ1n) is 9.40. The third kappa shape index (κ3) is 4.05. The van der Waals surface area contributed by atoms with Gasteiger partial charge in [-0.25, -0.2) is 9.97 Å². The Balaban J connectivity index is 1.58. The molecule has 2 aromatic carbocycles. The molecular formula is C22H22N4O3. The van der Waals surface area contributed by atoms with Crippen molar-refractivity contribution >= 4 is 11.7 Å². The van der Waals surface area contributed by atoms with E-state index >= 15 is 0 Å². The van der Waals surface area contributed by atoms with Crippen molar-refractivity contribution < 1.29 is 14.3 Å². The molecule has 29 heavy (non-hydrogen) atoms. The van der Waals surface area contributed by atoms with E-state index in [0.717, 1.165) is 16.9 Å². The number of carbonyl (C=O) groups excluding carboxylic acids is 1. The highest BCUT2D eigenvalue weighted by molar-refractivity contribution is 5.94. The van der Waals surface area contributed by atoms with E-state index in [2.05, 4.69) is 4.98 Å². The number of carbonyl (C=O) groups is 1. The first-order chi connectivity index (χ1) is 14.2. The predicted molar refractivity (Wildman–Crippen MR) is 111 cm³/mol. The van der Waals surface area contributed by atoms with Crippen LogP contribution in [0.15, 0.2) is 54.7 Å². The van der Waals surface area contributed by atoms with Crippen LogP contribution in [0.2, 0.25) is 0 Å². The largest absolute Gasteiger partial charge is 0.497 e. The second-order valence-electron chi connectivity index (χ2n) is 6.70. The van der Waals surface area contributed by atoms with E-state index in [1.54, 1.807) is 13.3 Å². The van der Waals surface area contributed by atoms with Crippen molar-refractivity contribution in [3.05, 3.63) is 60.3 Å². The van der Waals surface area contributed by atoms with Crippen molar-refractivity contribution in [2.24, 2.45) is 0 Å². The van der Waals surface area contributed by atoms with Gasteiger partial charge in [0.15, 0.2) is 0 Å². The summed E-state index contributed by atoms with van der Waals surface area (Å²) in [7, 11) is 1.62. The van der Waals surface area contributed by atoms with Gasteiger partial charge in [-0.3, -0.25) is 4.79 Å². The number of nitrogens with two attached hydrogens (primary N) is 1. The molecule has 7 heteroatoms. The van der Waals surface area contributed by atoms with Gasteiger partial charge in [-0.1, -0.05) is 12.1 Å². The van der Waals surface area contributed by atoms with Gasteiger partial charge in [0.05, 0.1) is 32.2 Å². The maximum absolute atomic E-state index is 12.6. The Bertz CT molecular complexity index is 998. The van der Waals surface area contributed by atoms with Crippen LogP contribution >= 0.6 is 0 Å². The molecule has 2 N–H and O–H groups in total. The number of methoxy groups -OCH3 is 1. The number of rotatable bonds is 4. The van der Waals surface area contributed by atoms with E-state index in [4.69, 9.17) is 20.2 Å². The smallest absolute Gasteiger partial charge is 0.254 e. The van der Waals surface area contributed by atoms with Crippen molar-refractivity contribution in [2.45, 2.75) is 0 Å². The van der Waals surface area contributed by atoms with Crippen molar-refractivity contribution in [1.82, 2.24) is 14.9 Å². The predicted octanol–water partition coefficient (Wildman–Crippen LogP) is 2.87. The fraction of sp³-hybridized carbons (Fsp3) is 0.227. The van der Waals surface area contributed by atoms with Crippen LogP contribution in [-0.2, 0) is 4.74 Å². The molecule has 0 saturated carbocycles. The molecule has 3 aromatic rings. The quantitative estimate of drug-likeness (QED) is 0.737. The Morgan fingerprint density at radius 2 is 1.69 bits per heavy atom. The van der Waals surface area contributed by atoms with Crippen molar-refractivity contribution in [1.29, 1.82) is 0 Å². The number of benzene rings is 2. The minimum Gasteiger partial charge on any atom is -0.497 e. The standard InChI is InChI=1S/C22H22N4O3/c1-28-18-8-6-16(7-9-18)20-21(23)24-14-19(25-20)15-2-4-17(5-3-15)22(27)26-10-12-29-13-11-26/h2-9,14H,10-13H2,1H3,(H2,23,24). The minimum atomic E-state index is 0.0159. The zero-order chi connectivity index (χ0) is 20.2. The van der Waals surface area contributed by atoms with E-state index in [9.17, 15) is 4.79 Å². The Kier molecular flexibility index (Phi) is 5.39. The maximum Gasteiger partial charge on any atom is 0.254 e. The Hall–Kier alpha value is -3.45. The van der Waals surface area contributed by atoms with Gasteiger partial charge >= 0.3 is 0 Å². The number of aromatic nitrogens is 2. The number of anilines is 1. The van der Waals surface area contributed by atoms with Crippen LogP contribution in [-0.4, -0.2) is 54.2 Å². The van der Waals surface area contributed by atoms with Crippen LogP contribution in [0.25, 0.3) is 22.5 Å². The average molecular weight is 390 g/mol. The summed E-state index contributed by atoms with van der Waals surface area (Å²) in [5, 5.41) is 0. The van der Waals surface area contributed by atoms with Crippen molar-refractivity contribution in [3.63, 3.8) is 0 Å². The number of hydrogen-bond acceptors (Lipinski definition) is 6. The lowest BCUT2D eigenvalue weighted by Crippen LogP contribution is -2.40. The van der Waals surface area contributed by atoms with Crippen molar-refractivity contribution in [3.8, 4) is 28.3 Å². The van der Waals surface area contributed by atoms with Crippen molar-refractivity contribution in [2.75, 3.05) is 39.1 Å². The van der Waals surface area contributed by atoms with Crippen LogP contribution in [0.5, 0.6) is 5.75 Å². The van der Waals surface area contributed by atoms with E-state index in [0.29, 0.717) is 49.1 Å². The lowest BCUT2D eigenvalue weighted by atomic mass is 10.1. The van der Waals surface area contributed by atoms with E-state index in [-0.39, 0.29) is 5.91 Å². The van der Waals surface area contributed by atoms with Crippen LogP contribution in [0.3, 0.4) is 0 Å². The van der Waals surface area contributed by atoms with Gasteiger partial charge < -0.3 is 20.1 Å². The van der Waals surface area contributed by atoms with Gasteiger partial charge in [-0.15, -0.1) is 0 Å². The second-order valence-corrected chi connectivity index (χ2v) is 6.70. The SMILES string of the molecule is COc1ccc(-c2nc(-c3ccc(C(=O)N4CCOCC4)cc3)cnc2N)cc1. The second kappa shape index (κ2) is 8.28. The van der Waals surface area contributed by atoms with Gasteiger partial charge in [0.1, 0.15) is 17.3 Å². The molecule has 1 aliphatic heterocycles. The molecule has 0 aliphatic carbocycles. The molecule has 2 heterocycles. The van der Waals surface area contributed by atoms with Gasteiger partial charge in [0, 0.05) is 29.8 Å². The van der Waals surface area contributed by atoms with E-state index in [1.165, 1.54) is 0 Å². The summed E-state index contributed by atoms with van der Waals surface area (Å²) in [6.07, 6.45) is 1.64. The number of ether oxygens (including phenoxy) is 2. The third-order valence-electron chi connectivity index (χ3n) is 4.89. The number of amides is 1. The lowest BCUT2D eigenvalue weighted by molar-refractivity contribution is 0.0303. The Labute approximate surface area is 169 Å². The lowest BCUT2D eigenvalue weighted by Gasteiger charge is -2.26. The fourth-order valence-electron chi connectivity index (χ4n) is 3.23. The average Bonchev–Trinajstić information content (AvgIpc) is 2.80. The highest BCUT2D eigenvalue weighted by Gasteiger charge is 2.18. The summed E-state index contributed by atoms with van der Waals surface area (Å²) >= 11 is 0. The van der Waals surface area contributed by atoms with E-state index < -0.39 is 0 Å². The highest BCUT2D eigenvalue weighted by atomic mass is 16.5. The molecular weight excluding hydrogens is 368 g/mol. The van der Waals surface area contributed by atoms with E-state index in [1.807, 2.05) is 53.4 Å². The monoisotopic (exact) mass is 390 g/mol. The highest BCUT2D eigenvalue weighted by Crippen LogP contribution is 2.27. The summed E-state index contributed by atoms with van der Waals surface area (Å²) in [6.45, 7) is 2.41. The molecule has 7 nitrogen and oxygen atoms in total. The topological polar surface area (TPSA) is 90.6 Å². The van der Waals surface area contributed by atoms with Gasteiger partial charge in [-0.2, -0.15) is 0 Å². The van der Waals surface area contributed by atoms with Crippen LogP contribution in [0, 0.1) is 0 Å². The molecule has 0 unspecified atom stereocenters. The Morgan fingerprint density at radius 1 is 1.03 bits per heavy atom. The first-order valence-corrected chi connectivity index (χ1v) is 9.40. The number of nitrogen functional groups attached to an aromatic ring is 1. The third-order valence-corrected chi connectivity index (χ3v) is 4.89. The Morgan fingerprint density at radius 3 is 2.34 bits per heavy atom. The van der Waals surface area contributed by atoms with Gasteiger partial charge in [0.2, 0.25) is 0 Å². The van der Waals surface area contributed by atoms with Gasteiger partial charge in [-0.05, 0) is 36.4 Å². The summed E-state index contributed by atoms with van der Waals surface area (Å²) < 4.78 is 10.5. The molecule has 0 radical (unpaired) electrons. The minimum absolute atomic E-state index is 0.0159. The fourth-order valence-corrected chi connectivity index (χ4v) is 3.23. The van der Waals surface area contributed by atoms with Crippen LogP contribution < -0.4 is 10.5 Å². The molecule has 1 amide bonds. The molecule has 0 bridgehead atoms.